The van der Waals surface area contributed by atoms with Crippen molar-refractivity contribution in [3.05, 3.63) is 31.6 Å². The molecule has 0 bridgehead atoms. The molecule has 1 aromatic heterocycles. The molecule has 5 heteroatoms. The molecule has 0 spiro atoms. The van der Waals surface area contributed by atoms with Gasteiger partial charge in [0.25, 0.3) is 5.56 Å². The van der Waals surface area contributed by atoms with Gasteiger partial charge in [-0.05, 0) is 43.3 Å². The zero-order chi connectivity index (χ0) is 11.6. The summed E-state index contributed by atoms with van der Waals surface area (Å²) in [6, 6.07) is 1.76. The van der Waals surface area contributed by atoms with Gasteiger partial charge in [0.05, 0.1) is 4.47 Å². The summed E-state index contributed by atoms with van der Waals surface area (Å²) < 4.78 is 3.21. The van der Waals surface area contributed by atoms with Gasteiger partial charge in [-0.3, -0.25) is 4.79 Å². The maximum Gasteiger partial charge on any atom is 0.264 e. The molecule has 0 radical (unpaired) electrons. The number of nitrogens with zero attached hydrogens (tertiary/aromatic N) is 1. The van der Waals surface area contributed by atoms with Crippen molar-refractivity contribution in [1.82, 2.24) is 4.57 Å². The van der Waals surface area contributed by atoms with Gasteiger partial charge in [0.15, 0.2) is 0 Å². The lowest BCUT2D eigenvalue weighted by Gasteiger charge is -2.22. The summed E-state index contributed by atoms with van der Waals surface area (Å²) in [5.41, 5.74) is 0.0663. The van der Waals surface area contributed by atoms with Crippen LogP contribution in [0.1, 0.15) is 13.8 Å². The summed E-state index contributed by atoms with van der Waals surface area (Å²) in [4.78, 5) is 11.8. The molecular formula is C10H12Br3NO. The van der Waals surface area contributed by atoms with Crippen LogP contribution in [0.3, 0.4) is 0 Å². The van der Waals surface area contributed by atoms with Gasteiger partial charge >= 0.3 is 0 Å². The average Bonchev–Trinajstić information content (AvgIpc) is 2.13. The first-order valence-electron chi connectivity index (χ1n) is 4.47. The number of aromatic nitrogens is 1. The molecule has 0 aliphatic heterocycles. The summed E-state index contributed by atoms with van der Waals surface area (Å²) in [6.45, 7) is 4.92. The molecule has 0 N–H and O–H groups in total. The van der Waals surface area contributed by atoms with Crippen LogP contribution in [0.5, 0.6) is 0 Å². The topological polar surface area (TPSA) is 22.0 Å². The van der Waals surface area contributed by atoms with Crippen LogP contribution in [0.2, 0.25) is 0 Å². The third kappa shape index (κ3) is 3.71. The fourth-order valence-electron chi connectivity index (χ4n) is 1.19. The highest BCUT2D eigenvalue weighted by molar-refractivity contribution is 9.11. The lowest BCUT2D eigenvalue weighted by atomic mass is 9.97. The normalized spacial score (nSPS) is 11.8. The first kappa shape index (κ1) is 13.5. The second kappa shape index (κ2) is 5.15. The first-order chi connectivity index (χ1) is 6.85. The van der Waals surface area contributed by atoms with Crippen molar-refractivity contribution in [3.8, 4) is 0 Å². The Kier molecular flexibility index (Phi) is 4.62. The first-order valence-corrected chi connectivity index (χ1v) is 7.18. The van der Waals surface area contributed by atoms with Crippen LogP contribution in [0, 0.1) is 5.41 Å². The zero-order valence-corrected chi connectivity index (χ0v) is 13.3. The summed E-state index contributed by atoms with van der Waals surface area (Å²) in [5.74, 6) is 0. The summed E-state index contributed by atoms with van der Waals surface area (Å²) >= 11 is 10.1. The highest BCUT2D eigenvalue weighted by Crippen LogP contribution is 2.21. The van der Waals surface area contributed by atoms with E-state index >= 15 is 0 Å². The van der Waals surface area contributed by atoms with Gasteiger partial charge in [-0.15, -0.1) is 0 Å². The van der Waals surface area contributed by atoms with E-state index in [1.54, 1.807) is 10.6 Å². The van der Waals surface area contributed by atoms with E-state index in [1.807, 2.05) is 6.20 Å². The van der Waals surface area contributed by atoms with E-state index in [1.165, 1.54) is 0 Å². The molecular weight excluding hydrogens is 390 g/mol. The molecule has 1 heterocycles. The number of halogens is 3. The third-order valence-electron chi connectivity index (χ3n) is 1.97. The number of alkyl halides is 1. The lowest BCUT2D eigenvalue weighted by molar-refractivity contribution is 0.348. The molecule has 0 aliphatic carbocycles. The van der Waals surface area contributed by atoms with E-state index in [2.05, 4.69) is 61.6 Å². The van der Waals surface area contributed by atoms with E-state index < -0.39 is 0 Å². The average molecular weight is 402 g/mol. The van der Waals surface area contributed by atoms with Crippen LogP contribution in [0.25, 0.3) is 0 Å². The van der Waals surface area contributed by atoms with Gasteiger partial charge < -0.3 is 4.57 Å². The standard InChI is InChI=1S/C10H12Br3NO/c1-10(2,5-11)6-14-4-7(12)3-8(13)9(14)15/h3-4H,5-6H2,1-2H3. The monoisotopic (exact) mass is 399 g/mol. The molecule has 0 saturated carbocycles. The Labute approximate surface area is 114 Å². The Morgan fingerprint density at radius 1 is 1.40 bits per heavy atom. The predicted molar refractivity (Wildman–Crippen MR) is 73.7 cm³/mol. The van der Waals surface area contributed by atoms with Crippen molar-refractivity contribution < 1.29 is 0 Å². The van der Waals surface area contributed by atoms with Crippen LogP contribution in [0.15, 0.2) is 26.0 Å². The molecule has 0 aliphatic rings. The number of hydrogen-bond acceptors (Lipinski definition) is 1. The highest BCUT2D eigenvalue weighted by Gasteiger charge is 2.18. The van der Waals surface area contributed by atoms with Crippen LogP contribution in [0.4, 0.5) is 0 Å². The summed E-state index contributed by atoms with van der Waals surface area (Å²) in [5, 5.41) is 0.858. The molecule has 0 saturated heterocycles. The molecule has 0 atom stereocenters. The minimum atomic E-state index is 0.00669. The fourth-order valence-corrected chi connectivity index (χ4v) is 2.62. The maximum absolute atomic E-state index is 11.8. The van der Waals surface area contributed by atoms with Crippen LogP contribution in [-0.4, -0.2) is 9.90 Å². The smallest absolute Gasteiger partial charge is 0.264 e. The van der Waals surface area contributed by atoms with Crippen molar-refractivity contribution in [2.75, 3.05) is 5.33 Å². The molecule has 1 aromatic rings. The van der Waals surface area contributed by atoms with Crippen molar-refractivity contribution in [3.63, 3.8) is 0 Å². The second-order valence-electron chi connectivity index (χ2n) is 4.24. The van der Waals surface area contributed by atoms with Gasteiger partial charge in [-0.2, -0.15) is 0 Å². The summed E-state index contributed by atoms with van der Waals surface area (Å²) in [6.07, 6.45) is 1.82. The molecule has 0 fully saturated rings. The Balaban J connectivity index is 3.11. The van der Waals surface area contributed by atoms with Gasteiger partial charge in [0.2, 0.25) is 0 Å². The van der Waals surface area contributed by atoms with Crippen molar-refractivity contribution >= 4 is 47.8 Å². The number of pyridine rings is 1. The van der Waals surface area contributed by atoms with Crippen molar-refractivity contribution in [1.29, 1.82) is 0 Å². The maximum atomic E-state index is 11.8. The van der Waals surface area contributed by atoms with E-state index in [4.69, 9.17) is 0 Å². The minimum absolute atomic E-state index is 0.00669. The van der Waals surface area contributed by atoms with Crippen LogP contribution >= 0.6 is 47.8 Å². The molecule has 0 unspecified atom stereocenters. The van der Waals surface area contributed by atoms with Crippen LogP contribution in [-0.2, 0) is 6.54 Å². The molecule has 1 rings (SSSR count). The van der Waals surface area contributed by atoms with E-state index in [9.17, 15) is 4.79 Å². The number of rotatable bonds is 3. The predicted octanol–water partition coefficient (Wildman–Crippen LogP) is 3.79. The molecule has 84 valence electrons. The van der Waals surface area contributed by atoms with Gasteiger partial charge in [0.1, 0.15) is 0 Å². The van der Waals surface area contributed by atoms with Crippen molar-refractivity contribution in [2.24, 2.45) is 5.41 Å². The summed E-state index contributed by atoms with van der Waals surface area (Å²) in [7, 11) is 0. The lowest BCUT2D eigenvalue weighted by Crippen LogP contribution is -2.29. The van der Waals surface area contributed by atoms with Gasteiger partial charge in [0, 0.05) is 22.5 Å². The zero-order valence-electron chi connectivity index (χ0n) is 8.56. The Hall–Kier alpha value is 0.390. The quantitative estimate of drug-likeness (QED) is 0.706. The Morgan fingerprint density at radius 2 is 2.00 bits per heavy atom. The molecule has 0 aromatic carbocycles. The third-order valence-corrected chi connectivity index (χ3v) is 4.49. The van der Waals surface area contributed by atoms with Gasteiger partial charge in [-0.25, -0.2) is 0 Å². The van der Waals surface area contributed by atoms with Crippen molar-refractivity contribution in [2.45, 2.75) is 20.4 Å². The molecule has 2 nitrogen and oxygen atoms in total. The molecule has 0 amide bonds. The molecule has 15 heavy (non-hydrogen) atoms. The second-order valence-corrected chi connectivity index (χ2v) is 6.57. The van der Waals surface area contributed by atoms with E-state index in [-0.39, 0.29) is 11.0 Å². The van der Waals surface area contributed by atoms with E-state index in [0.29, 0.717) is 11.0 Å². The minimum Gasteiger partial charge on any atom is -0.313 e. The largest absolute Gasteiger partial charge is 0.313 e. The van der Waals surface area contributed by atoms with Gasteiger partial charge in [-0.1, -0.05) is 29.8 Å². The van der Waals surface area contributed by atoms with Crippen LogP contribution < -0.4 is 5.56 Å². The van der Waals surface area contributed by atoms with E-state index in [0.717, 1.165) is 9.80 Å². The highest BCUT2D eigenvalue weighted by atomic mass is 79.9. The number of hydrogen-bond donors (Lipinski definition) is 0. The Bertz CT molecular complexity index is 412. The SMILES string of the molecule is CC(C)(CBr)Cn1cc(Br)cc(Br)c1=O. The fraction of sp³-hybridized carbons (Fsp3) is 0.500. The Morgan fingerprint density at radius 3 is 2.53 bits per heavy atom.